The highest BCUT2D eigenvalue weighted by Gasteiger charge is 2.30. The molecule has 5 heteroatoms. The van der Waals surface area contributed by atoms with E-state index in [1.165, 1.54) is 0 Å². The van der Waals surface area contributed by atoms with Crippen LogP contribution >= 0.6 is 0 Å². The number of anilines is 1. The number of amides is 3. The first-order valence-corrected chi connectivity index (χ1v) is 4.47. The molecule has 2 aliphatic rings. The van der Waals surface area contributed by atoms with E-state index in [0.717, 1.165) is 5.56 Å². The molecule has 2 heterocycles. The quantitative estimate of drug-likeness (QED) is 0.584. The molecule has 3 rings (SSSR count). The maximum atomic E-state index is 11.3. The van der Waals surface area contributed by atoms with E-state index in [-0.39, 0.29) is 12.3 Å². The van der Waals surface area contributed by atoms with Crippen molar-refractivity contribution in [1.82, 2.24) is 5.32 Å². The van der Waals surface area contributed by atoms with Crippen molar-refractivity contribution < 1.29 is 14.4 Å². The van der Waals surface area contributed by atoms with E-state index >= 15 is 0 Å². The monoisotopic (exact) mass is 202 g/mol. The molecule has 2 aliphatic heterocycles. The first-order chi connectivity index (χ1) is 7.15. The molecule has 0 bridgehead atoms. The molecule has 0 unspecified atom stereocenters. The number of hydrogen-bond donors (Lipinski definition) is 2. The maximum Gasteiger partial charge on any atom is 0.259 e. The minimum absolute atomic E-state index is 0.110. The van der Waals surface area contributed by atoms with Crippen LogP contribution in [-0.2, 0) is 11.2 Å². The molecule has 3 amide bonds. The van der Waals surface area contributed by atoms with Gasteiger partial charge in [0.2, 0.25) is 5.91 Å². The molecular formula is C10H6N2O3. The van der Waals surface area contributed by atoms with Crippen molar-refractivity contribution in [2.24, 2.45) is 0 Å². The smallest absolute Gasteiger partial charge is 0.259 e. The summed E-state index contributed by atoms with van der Waals surface area (Å²) < 4.78 is 0. The summed E-state index contributed by atoms with van der Waals surface area (Å²) in [6, 6.07) is 3.15. The van der Waals surface area contributed by atoms with E-state index < -0.39 is 11.8 Å². The van der Waals surface area contributed by atoms with Gasteiger partial charge in [-0.25, -0.2) is 0 Å². The second-order valence-corrected chi connectivity index (χ2v) is 3.56. The predicted molar refractivity (Wildman–Crippen MR) is 50.6 cm³/mol. The number of benzene rings is 1. The van der Waals surface area contributed by atoms with Crippen LogP contribution in [0.4, 0.5) is 5.69 Å². The fourth-order valence-corrected chi connectivity index (χ4v) is 1.89. The molecule has 0 atom stereocenters. The van der Waals surface area contributed by atoms with Gasteiger partial charge in [-0.2, -0.15) is 0 Å². The molecule has 0 saturated heterocycles. The van der Waals surface area contributed by atoms with E-state index in [9.17, 15) is 14.4 Å². The van der Waals surface area contributed by atoms with Crippen LogP contribution in [0.15, 0.2) is 12.1 Å². The lowest BCUT2D eigenvalue weighted by Crippen LogP contribution is -2.19. The number of carbonyl (C=O) groups excluding carboxylic acids is 3. The highest BCUT2D eigenvalue weighted by molar-refractivity contribution is 6.22. The molecule has 1 aromatic rings. The molecule has 0 fully saturated rings. The number of nitrogens with one attached hydrogen (secondary N) is 2. The standard InChI is InChI=1S/C10H6N2O3/c13-8-2-4-1-5-6(3-7(4)11-8)10(15)12-9(5)14/h1,3H,2H2,(H,11,13)(H,12,14,15). The van der Waals surface area contributed by atoms with Crippen molar-refractivity contribution in [3.8, 4) is 0 Å². The summed E-state index contributed by atoms with van der Waals surface area (Å²) >= 11 is 0. The zero-order valence-electron chi connectivity index (χ0n) is 7.59. The zero-order chi connectivity index (χ0) is 10.6. The number of fused-ring (bicyclic) bond motifs is 2. The van der Waals surface area contributed by atoms with E-state index in [1.807, 2.05) is 0 Å². The number of hydrogen-bond acceptors (Lipinski definition) is 3. The van der Waals surface area contributed by atoms with Crippen LogP contribution in [0.5, 0.6) is 0 Å². The number of carbonyl (C=O) groups is 3. The summed E-state index contributed by atoms with van der Waals surface area (Å²) in [4.78, 5) is 33.7. The van der Waals surface area contributed by atoms with Gasteiger partial charge in [0.15, 0.2) is 0 Å². The number of imide groups is 1. The van der Waals surface area contributed by atoms with Crippen molar-refractivity contribution in [3.63, 3.8) is 0 Å². The van der Waals surface area contributed by atoms with Crippen molar-refractivity contribution in [2.75, 3.05) is 5.32 Å². The summed E-state index contributed by atoms with van der Waals surface area (Å²) in [7, 11) is 0. The molecule has 74 valence electrons. The van der Waals surface area contributed by atoms with Crippen LogP contribution in [0.3, 0.4) is 0 Å². The highest BCUT2D eigenvalue weighted by Crippen LogP contribution is 2.28. The Labute approximate surface area is 84.5 Å². The molecule has 0 aliphatic carbocycles. The Morgan fingerprint density at radius 2 is 1.60 bits per heavy atom. The normalized spacial score (nSPS) is 17.2. The third-order valence-corrected chi connectivity index (χ3v) is 2.58. The topological polar surface area (TPSA) is 75.3 Å². The van der Waals surface area contributed by atoms with Crippen molar-refractivity contribution >= 4 is 23.4 Å². The van der Waals surface area contributed by atoms with Crippen molar-refractivity contribution in [3.05, 3.63) is 28.8 Å². The fourth-order valence-electron chi connectivity index (χ4n) is 1.89. The average Bonchev–Trinajstić information content (AvgIpc) is 2.65. The Morgan fingerprint density at radius 3 is 2.33 bits per heavy atom. The largest absolute Gasteiger partial charge is 0.326 e. The average molecular weight is 202 g/mol. The number of rotatable bonds is 0. The van der Waals surface area contributed by atoms with Crippen LogP contribution in [0.1, 0.15) is 26.3 Å². The Hall–Kier alpha value is -2.17. The van der Waals surface area contributed by atoms with Crippen LogP contribution in [0.2, 0.25) is 0 Å². The van der Waals surface area contributed by atoms with Gasteiger partial charge in [-0.05, 0) is 17.7 Å². The van der Waals surface area contributed by atoms with Crippen molar-refractivity contribution in [2.45, 2.75) is 6.42 Å². The van der Waals surface area contributed by atoms with Crippen LogP contribution < -0.4 is 10.6 Å². The van der Waals surface area contributed by atoms with Crippen LogP contribution in [-0.4, -0.2) is 17.7 Å². The van der Waals surface area contributed by atoms with Crippen LogP contribution in [0, 0.1) is 0 Å². The minimum Gasteiger partial charge on any atom is -0.326 e. The molecule has 0 spiro atoms. The van der Waals surface area contributed by atoms with Gasteiger partial charge in [0.05, 0.1) is 17.5 Å². The molecule has 2 N–H and O–H groups in total. The summed E-state index contributed by atoms with van der Waals surface area (Å²) in [6.07, 6.45) is 0.268. The summed E-state index contributed by atoms with van der Waals surface area (Å²) in [6.45, 7) is 0. The molecule has 0 saturated carbocycles. The third-order valence-electron chi connectivity index (χ3n) is 2.58. The van der Waals surface area contributed by atoms with E-state index in [0.29, 0.717) is 16.8 Å². The zero-order valence-corrected chi connectivity index (χ0v) is 7.59. The summed E-state index contributed by atoms with van der Waals surface area (Å²) in [5, 5.41) is 4.84. The van der Waals surface area contributed by atoms with Gasteiger partial charge in [-0.1, -0.05) is 0 Å². The third kappa shape index (κ3) is 0.999. The van der Waals surface area contributed by atoms with Crippen LogP contribution in [0.25, 0.3) is 0 Å². The SMILES string of the molecule is O=C1Cc2cc3c(cc2N1)C(=O)NC3=O. The lowest BCUT2D eigenvalue weighted by Gasteiger charge is -2.00. The van der Waals surface area contributed by atoms with E-state index in [1.54, 1.807) is 12.1 Å². The predicted octanol–water partition coefficient (Wildman–Crippen LogP) is 0.0648. The molecule has 0 aromatic heterocycles. The second-order valence-electron chi connectivity index (χ2n) is 3.56. The fraction of sp³-hybridized carbons (Fsp3) is 0.100. The summed E-state index contributed by atoms with van der Waals surface area (Å²) in [5.41, 5.74) is 2.09. The first kappa shape index (κ1) is 8.16. The molecule has 5 nitrogen and oxygen atoms in total. The molecule has 0 radical (unpaired) electrons. The maximum absolute atomic E-state index is 11.3. The van der Waals surface area contributed by atoms with Gasteiger partial charge in [0, 0.05) is 5.69 Å². The Kier molecular flexibility index (Phi) is 1.33. The van der Waals surface area contributed by atoms with Gasteiger partial charge in [0.25, 0.3) is 11.8 Å². The molecular weight excluding hydrogens is 196 g/mol. The van der Waals surface area contributed by atoms with E-state index in [2.05, 4.69) is 10.6 Å². The molecule has 1 aromatic carbocycles. The van der Waals surface area contributed by atoms with Gasteiger partial charge < -0.3 is 5.32 Å². The first-order valence-electron chi connectivity index (χ1n) is 4.47. The van der Waals surface area contributed by atoms with Gasteiger partial charge in [0.1, 0.15) is 0 Å². The van der Waals surface area contributed by atoms with Gasteiger partial charge >= 0.3 is 0 Å². The lowest BCUT2D eigenvalue weighted by molar-refractivity contribution is -0.115. The van der Waals surface area contributed by atoms with E-state index in [4.69, 9.17) is 0 Å². The minimum atomic E-state index is -0.404. The van der Waals surface area contributed by atoms with Gasteiger partial charge in [-0.3, -0.25) is 19.7 Å². The second kappa shape index (κ2) is 2.44. The Bertz CT molecular complexity index is 489. The van der Waals surface area contributed by atoms with Crippen molar-refractivity contribution in [1.29, 1.82) is 0 Å². The Morgan fingerprint density at radius 1 is 0.933 bits per heavy atom. The molecule has 15 heavy (non-hydrogen) atoms. The highest BCUT2D eigenvalue weighted by atomic mass is 16.2. The van der Waals surface area contributed by atoms with Gasteiger partial charge in [-0.15, -0.1) is 0 Å². The Balaban J connectivity index is 2.24. The summed E-state index contributed by atoms with van der Waals surface area (Å²) in [5.74, 6) is -0.905. The lowest BCUT2D eigenvalue weighted by atomic mass is 10.0.